The van der Waals surface area contributed by atoms with E-state index in [1.165, 1.54) is 5.56 Å². The summed E-state index contributed by atoms with van der Waals surface area (Å²) in [7, 11) is -2.43. The lowest BCUT2D eigenvalue weighted by molar-refractivity contribution is 0.186. The number of carbonyl (C=O) groups excluding carboxylic acids is 1. The van der Waals surface area contributed by atoms with Gasteiger partial charge < -0.3 is 9.47 Å². The Morgan fingerprint density at radius 2 is 1.63 bits per heavy atom. The minimum Gasteiger partial charge on any atom is -0.490 e. The lowest BCUT2D eigenvalue weighted by Crippen LogP contribution is -2.28. The fourth-order valence-corrected chi connectivity index (χ4v) is 7.16. The second kappa shape index (κ2) is 10.4. The van der Waals surface area contributed by atoms with Crippen LogP contribution >= 0.6 is 10.6 Å². The molecule has 0 aromatic heterocycles. The summed E-state index contributed by atoms with van der Waals surface area (Å²) in [5.41, 5.74) is 5.95. The summed E-state index contributed by atoms with van der Waals surface area (Å²) in [5, 5.41) is 0. The largest absolute Gasteiger partial charge is 0.490 e. The fraction of sp³-hybridized carbons (Fsp3) is 0.387. The first-order chi connectivity index (χ1) is 18.4. The van der Waals surface area contributed by atoms with E-state index in [1.54, 1.807) is 6.07 Å². The number of benzene rings is 3. The van der Waals surface area contributed by atoms with Crippen LogP contribution in [0.1, 0.15) is 53.9 Å². The molecule has 2 atom stereocenters. The second-order valence-electron chi connectivity index (χ2n) is 10.7. The van der Waals surface area contributed by atoms with Crippen molar-refractivity contribution >= 4 is 16.9 Å². The molecule has 199 valence electrons. The van der Waals surface area contributed by atoms with E-state index in [1.807, 2.05) is 36.4 Å². The van der Waals surface area contributed by atoms with Crippen molar-refractivity contribution in [2.75, 3.05) is 11.5 Å². The first-order valence-electron chi connectivity index (χ1n) is 13.3. The van der Waals surface area contributed by atoms with Crippen LogP contribution in [0.25, 0.3) is 11.1 Å². The maximum Gasteiger partial charge on any atom is 0.202 e. The smallest absolute Gasteiger partial charge is 0.202 e. The van der Waals surface area contributed by atoms with Crippen LogP contribution in [0.5, 0.6) is 11.5 Å². The fourth-order valence-electron chi connectivity index (χ4n) is 5.67. The lowest BCUT2D eigenvalue weighted by atomic mass is 9.94. The molecule has 3 aromatic carbocycles. The summed E-state index contributed by atoms with van der Waals surface area (Å²) >= 11 is 0. The molecule has 38 heavy (non-hydrogen) atoms. The number of hydrogen-bond donors (Lipinski definition) is 2. The molecule has 2 aliphatic carbocycles. The molecule has 3 aliphatic rings. The summed E-state index contributed by atoms with van der Waals surface area (Å²) in [6.07, 6.45) is 6.83. The van der Waals surface area contributed by atoms with Gasteiger partial charge in [0, 0.05) is 35.8 Å². The van der Waals surface area contributed by atoms with Crippen LogP contribution in [0.2, 0.25) is 0 Å². The number of aryl methyl sites for hydroxylation is 2. The van der Waals surface area contributed by atoms with Crippen molar-refractivity contribution in [1.29, 1.82) is 0 Å². The summed E-state index contributed by atoms with van der Waals surface area (Å²) in [5.74, 6) is 2.28. The van der Waals surface area contributed by atoms with Crippen molar-refractivity contribution in [1.82, 2.24) is 0 Å². The molecule has 1 saturated carbocycles. The highest BCUT2D eigenvalue weighted by Crippen LogP contribution is 2.46. The highest BCUT2D eigenvalue weighted by atomic mass is 32.3. The van der Waals surface area contributed by atoms with Crippen molar-refractivity contribution in [2.45, 2.75) is 57.2 Å². The van der Waals surface area contributed by atoms with Gasteiger partial charge in [0.15, 0.2) is 0 Å². The zero-order valence-corrected chi connectivity index (χ0v) is 22.0. The monoisotopic (exact) mass is 535 g/mol. The molecule has 3 aromatic rings. The molecular weight excluding hydrogens is 503 g/mol. The van der Waals surface area contributed by atoms with Gasteiger partial charge in [-0.05, 0) is 95.8 Å². The van der Waals surface area contributed by atoms with Crippen molar-refractivity contribution in [2.24, 2.45) is 5.92 Å². The third kappa shape index (κ3) is 5.46. The van der Waals surface area contributed by atoms with Gasteiger partial charge in [0.25, 0.3) is 0 Å². The van der Waals surface area contributed by atoms with E-state index in [9.17, 15) is 13.9 Å². The standard InChI is InChI=1S/C31H32FO5S/c32-31-17-22-3-1-2-21-14-27(37-26-10-12-38(34,35)13-11-26)8-9-28(21)30(22)16-24(31)19-36-25-6-4-20(5-7-25)29-15-23(29)18-33/h4-9,14,16-17,23,26,29,34-35H,1-3,10-13,15,19H2/t23-,29-/m1/s1. The van der Waals surface area contributed by atoms with Gasteiger partial charge in [-0.1, -0.05) is 18.2 Å². The molecule has 2 fully saturated rings. The molecule has 2 N–H and O–H groups in total. The lowest BCUT2D eigenvalue weighted by Gasteiger charge is -2.39. The second-order valence-corrected chi connectivity index (χ2v) is 13.1. The first-order valence-corrected chi connectivity index (χ1v) is 15.2. The van der Waals surface area contributed by atoms with E-state index in [-0.39, 0.29) is 30.4 Å². The van der Waals surface area contributed by atoms with E-state index in [2.05, 4.69) is 18.4 Å². The van der Waals surface area contributed by atoms with E-state index in [0.29, 0.717) is 35.7 Å². The number of ether oxygens (including phenoxy) is 2. The number of hydrogen-bond acceptors (Lipinski definition) is 5. The molecule has 1 radical (unpaired) electrons. The van der Waals surface area contributed by atoms with Gasteiger partial charge in [0.2, 0.25) is 6.29 Å². The quantitative estimate of drug-likeness (QED) is 0.339. The molecule has 1 aliphatic heterocycles. The van der Waals surface area contributed by atoms with Gasteiger partial charge in [-0.3, -0.25) is 13.9 Å². The summed E-state index contributed by atoms with van der Waals surface area (Å²) in [6.45, 7) is 0.129. The summed E-state index contributed by atoms with van der Waals surface area (Å²) in [6, 6.07) is 17.4. The minimum absolute atomic E-state index is 0.00740. The van der Waals surface area contributed by atoms with E-state index in [4.69, 9.17) is 9.47 Å². The zero-order valence-electron chi connectivity index (χ0n) is 21.2. The third-order valence-electron chi connectivity index (χ3n) is 8.01. The number of rotatable bonds is 7. The molecule has 6 rings (SSSR count). The van der Waals surface area contributed by atoms with E-state index < -0.39 is 10.6 Å². The van der Waals surface area contributed by atoms with Gasteiger partial charge >= 0.3 is 0 Å². The maximum absolute atomic E-state index is 15.1. The molecule has 1 saturated heterocycles. The van der Waals surface area contributed by atoms with Gasteiger partial charge in [-0.25, -0.2) is 4.39 Å². The molecule has 0 bridgehead atoms. The Hall–Kier alpha value is -2.87. The Balaban J connectivity index is 1.17. The molecule has 0 amide bonds. The maximum atomic E-state index is 15.1. The van der Waals surface area contributed by atoms with Crippen LogP contribution in [0.15, 0.2) is 54.6 Å². The van der Waals surface area contributed by atoms with Crippen LogP contribution in [-0.2, 0) is 24.2 Å². The van der Waals surface area contributed by atoms with Gasteiger partial charge in [-0.15, -0.1) is 0 Å². The predicted octanol–water partition coefficient (Wildman–Crippen LogP) is 7.07. The molecule has 0 unspecified atom stereocenters. The van der Waals surface area contributed by atoms with Crippen LogP contribution in [0, 0.1) is 11.7 Å². The van der Waals surface area contributed by atoms with E-state index in [0.717, 1.165) is 53.7 Å². The normalized spacial score (nSPS) is 22.9. The average molecular weight is 536 g/mol. The summed E-state index contributed by atoms with van der Waals surface area (Å²) in [4.78, 5) is 10.8. The minimum atomic E-state index is -2.43. The van der Waals surface area contributed by atoms with Gasteiger partial charge in [0.05, 0.1) is 0 Å². The van der Waals surface area contributed by atoms with Crippen molar-refractivity contribution in [3.05, 3.63) is 82.7 Å². The Labute approximate surface area is 224 Å². The Morgan fingerprint density at radius 3 is 2.34 bits per heavy atom. The van der Waals surface area contributed by atoms with Crippen LogP contribution in [0.4, 0.5) is 4.39 Å². The Bertz CT molecular complexity index is 1330. The zero-order chi connectivity index (χ0) is 26.3. The molecule has 0 spiro atoms. The van der Waals surface area contributed by atoms with Gasteiger partial charge in [0.1, 0.15) is 30.0 Å². The summed E-state index contributed by atoms with van der Waals surface area (Å²) < 4.78 is 46.9. The molecule has 7 heteroatoms. The van der Waals surface area contributed by atoms with Crippen molar-refractivity contribution < 1.29 is 27.8 Å². The van der Waals surface area contributed by atoms with Crippen molar-refractivity contribution in [3.63, 3.8) is 0 Å². The topological polar surface area (TPSA) is 76.0 Å². The molecule has 5 nitrogen and oxygen atoms in total. The molecule has 1 heterocycles. The van der Waals surface area contributed by atoms with E-state index >= 15 is 4.39 Å². The average Bonchev–Trinajstić information content (AvgIpc) is 3.72. The van der Waals surface area contributed by atoms with Crippen LogP contribution in [0.3, 0.4) is 0 Å². The highest BCUT2D eigenvalue weighted by molar-refractivity contribution is 8.24. The number of fused-ring (bicyclic) bond motifs is 3. The van der Waals surface area contributed by atoms with Crippen molar-refractivity contribution in [3.8, 4) is 22.6 Å². The Morgan fingerprint density at radius 1 is 0.921 bits per heavy atom. The highest BCUT2D eigenvalue weighted by Gasteiger charge is 2.38. The molecular formula is C31H32FO5S. The SMILES string of the molecule is O=[C][C@H]1C[C@@H]1c1ccc(OCc2cc3c(cc2F)CCCc2cc(OC4CCS(O)(O)CC4)ccc2-3)cc1. The van der Waals surface area contributed by atoms with Crippen LogP contribution in [-0.4, -0.2) is 33.0 Å². The third-order valence-corrected chi connectivity index (χ3v) is 9.79. The number of halogens is 1. The van der Waals surface area contributed by atoms with Gasteiger partial charge in [-0.2, -0.15) is 10.6 Å². The van der Waals surface area contributed by atoms with Crippen LogP contribution < -0.4 is 9.47 Å². The Kier molecular flexibility index (Phi) is 6.93. The predicted molar refractivity (Wildman–Crippen MR) is 147 cm³/mol. The first kappa shape index (κ1) is 25.4.